The Kier molecular flexibility index (Phi) is 3.74. The van der Waals surface area contributed by atoms with E-state index < -0.39 is 5.60 Å². The molecule has 0 amide bonds. The van der Waals surface area contributed by atoms with E-state index in [1.165, 1.54) is 12.1 Å². The Morgan fingerprint density at radius 3 is 2.83 bits per heavy atom. The highest BCUT2D eigenvalue weighted by Crippen LogP contribution is 2.38. The topological polar surface area (TPSA) is 29.5 Å². The van der Waals surface area contributed by atoms with E-state index in [-0.39, 0.29) is 11.9 Å². The van der Waals surface area contributed by atoms with Gasteiger partial charge >= 0.3 is 0 Å². The summed E-state index contributed by atoms with van der Waals surface area (Å²) < 4.78 is 19.1. The molecule has 18 heavy (non-hydrogen) atoms. The van der Waals surface area contributed by atoms with Crippen molar-refractivity contribution in [2.75, 3.05) is 6.61 Å². The number of aryl methyl sites for hydroxylation is 1. The maximum Gasteiger partial charge on any atom is 0.123 e. The van der Waals surface area contributed by atoms with Crippen LogP contribution in [-0.2, 0) is 10.3 Å². The molecule has 2 unspecified atom stereocenters. The molecule has 0 aromatic heterocycles. The van der Waals surface area contributed by atoms with Crippen molar-refractivity contribution in [3.8, 4) is 0 Å². The zero-order valence-corrected chi connectivity index (χ0v) is 11.2. The van der Waals surface area contributed by atoms with Crippen LogP contribution in [0.5, 0.6) is 0 Å². The van der Waals surface area contributed by atoms with Crippen LogP contribution in [0.4, 0.5) is 4.39 Å². The minimum Gasteiger partial charge on any atom is -0.385 e. The third-order valence-electron chi connectivity index (χ3n) is 3.83. The van der Waals surface area contributed by atoms with Crippen LogP contribution in [0.2, 0.25) is 0 Å². The Balaban J connectivity index is 2.32. The molecule has 1 fully saturated rings. The molecule has 1 aromatic carbocycles. The first-order valence-electron chi connectivity index (χ1n) is 6.53. The molecule has 0 saturated carbocycles. The normalized spacial score (nSPS) is 28.7. The highest BCUT2D eigenvalue weighted by molar-refractivity contribution is 5.32. The van der Waals surface area contributed by atoms with Crippen LogP contribution in [0.15, 0.2) is 18.2 Å². The summed E-state index contributed by atoms with van der Waals surface area (Å²) in [7, 11) is 0. The van der Waals surface area contributed by atoms with E-state index in [1.807, 2.05) is 6.92 Å². The Hall–Kier alpha value is -0.930. The predicted molar refractivity (Wildman–Crippen MR) is 68.8 cm³/mol. The van der Waals surface area contributed by atoms with Gasteiger partial charge in [0, 0.05) is 12.8 Å². The first kappa shape index (κ1) is 13.5. The lowest BCUT2D eigenvalue weighted by Crippen LogP contribution is -2.41. The summed E-state index contributed by atoms with van der Waals surface area (Å²) in [5, 5.41) is 10.8. The van der Waals surface area contributed by atoms with Crippen LogP contribution in [-0.4, -0.2) is 17.8 Å². The predicted octanol–water partition coefficient (Wildman–Crippen LogP) is 3.16. The van der Waals surface area contributed by atoms with Crippen LogP contribution in [0, 0.1) is 18.7 Å². The van der Waals surface area contributed by atoms with Crippen molar-refractivity contribution in [2.24, 2.45) is 5.92 Å². The maximum atomic E-state index is 13.4. The van der Waals surface area contributed by atoms with Gasteiger partial charge in [-0.1, -0.05) is 19.9 Å². The van der Waals surface area contributed by atoms with Crippen LogP contribution in [0.1, 0.15) is 37.8 Å². The van der Waals surface area contributed by atoms with E-state index in [4.69, 9.17) is 4.74 Å². The van der Waals surface area contributed by atoms with E-state index >= 15 is 0 Å². The number of hydrogen-bond acceptors (Lipinski definition) is 2. The molecule has 0 aliphatic carbocycles. The lowest BCUT2D eigenvalue weighted by Gasteiger charge is -2.39. The van der Waals surface area contributed by atoms with Crippen LogP contribution >= 0.6 is 0 Å². The second-order valence-corrected chi connectivity index (χ2v) is 5.60. The molecular formula is C15H21FO2. The van der Waals surface area contributed by atoms with Gasteiger partial charge in [0.15, 0.2) is 0 Å². The second kappa shape index (κ2) is 4.98. The Labute approximate surface area is 108 Å². The Bertz CT molecular complexity index is 431. The lowest BCUT2D eigenvalue weighted by molar-refractivity contribution is -0.121. The van der Waals surface area contributed by atoms with Crippen LogP contribution in [0.3, 0.4) is 0 Å². The zero-order chi connectivity index (χ0) is 13.3. The average Bonchev–Trinajstić information content (AvgIpc) is 2.32. The quantitative estimate of drug-likeness (QED) is 0.876. The van der Waals surface area contributed by atoms with Crippen molar-refractivity contribution in [1.29, 1.82) is 0 Å². The molecule has 1 heterocycles. The number of benzene rings is 1. The summed E-state index contributed by atoms with van der Waals surface area (Å²) in [6, 6.07) is 4.61. The summed E-state index contributed by atoms with van der Waals surface area (Å²) in [6.45, 7) is 6.59. The minimum atomic E-state index is -0.959. The second-order valence-electron chi connectivity index (χ2n) is 5.60. The van der Waals surface area contributed by atoms with Crippen LogP contribution < -0.4 is 0 Å². The van der Waals surface area contributed by atoms with Crippen molar-refractivity contribution >= 4 is 0 Å². The fraction of sp³-hybridized carbons (Fsp3) is 0.600. The number of ether oxygens (including phenoxy) is 1. The standard InChI is InChI=1S/C15H21FO2/c1-10(2)14-9-15(17,6-7-18-14)13-8-12(16)5-4-11(13)3/h4-5,8,10,14,17H,6-7,9H2,1-3H3. The van der Waals surface area contributed by atoms with Crippen molar-refractivity contribution < 1.29 is 14.2 Å². The van der Waals surface area contributed by atoms with Gasteiger partial charge in [0.05, 0.1) is 18.3 Å². The molecule has 1 N–H and O–H groups in total. The van der Waals surface area contributed by atoms with Crippen molar-refractivity contribution in [3.63, 3.8) is 0 Å². The molecule has 0 spiro atoms. The fourth-order valence-corrected chi connectivity index (χ4v) is 2.64. The highest BCUT2D eigenvalue weighted by atomic mass is 19.1. The van der Waals surface area contributed by atoms with Gasteiger partial charge in [0.1, 0.15) is 5.82 Å². The minimum absolute atomic E-state index is 0.0337. The van der Waals surface area contributed by atoms with E-state index in [0.717, 1.165) is 5.56 Å². The molecule has 2 atom stereocenters. The van der Waals surface area contributed by atoms with Gasteiger partial charge in [-0.05, 0) is 36.1 Å². The van der Waals surface area contributed by atoms with Gasteiger partial charge in [0.25, 0.3) is 0 Å². The Morgan fingerprint density at radius 1 is 1.44 bits per heavy atom. The maximum absolute atomic E-state index is 13.4. The monoisotopic (exact) mass is 252 g/mol. The van der Waals surface area contributed by atoms with Crippen molar-refractivity contribution in [1.82, 2.24) is 0 Å². The number of hydrogen-bond donors (Lipinski definition) is 1. The molecule has 1 aliphatic heterocycles. The van der Waals surface area contributed by atoms with E-state index in [0.29, 0.717) is 30.9 Å². The molecule has 0 radical (unpaired) electrons. The summed E-state index contributed by atoms with van der Waals surface area (Å²) in [5.41, 5.74) is 0.680. The highest BCUT2D eigenvalue weighted by Gasteiger charge is 2.38. The van der Waals surface area contributed by atoms with E-state index in [1.54, 1.807) is 6.07 Å². The molecule has 1 aliphatic rings. The third kappa shape index (κ3) is 2.57. The SMILES string of the molecule is Cc1ccc(F)cc1C1(O)CCOC(C(C)C)C1. The van der Waals surface area contributed by atoms with E-state index in [9.17, 15) is 9.50 Å². The van der Waals surface area contributed by atoms with Crippen molar-refractivity contribution in [2.45, 2.75) is 45.3 Å². The summed E-state index contributed by atoms with van der Waals surface area (Å²) >= 11 is 0. The summed E-state index contributed by atoms with van der Waals surface area (Å²) in [4.78, 5) is 0. The van der Waals surface area contributed by atoms with Crippen LogP contribution in [0.25, 0.3) is 0 Å². The van der Waals surface area contributed by atoms with Gasteiger partial charge in [-0.3, -0.25) is 0 Å². The molecule has 0 bridgehead atoms. The molecule has 1 saturated heterocycles. The molecule has 1 aromatic rings. The molecule has 3 heteroatoms. The summed E-state index contributed by atoms with van der Waals surface area (Å²) in [5.74, 6) is 0.0577. The smallest absolute Gasteiger partial charge is 0.123 e. The molecule has 100 valence electrons. The molecule has 2 nitrogen and oxygen atoms in total. The number of halogens is 1. The lowest BCUT2D eigenvalue weighted by atomic mass is 9.79. The zero-order valence-electron chi connectivity index (χ0n) is 11.2. The third-order valence-corrected chi connectivity index (χ3v) is 3.83. The fourth-order valence-electron chi connectivity index (χ4n) is 2.64. The average molecular weight is 252 g/mol. The van der Waals surface area contributed by atoms with E-state index in [2.05, 4.69) is 13.8 Å². The molecule has 2 rings (SSSR count). The largest absolute Gasteiger partial charge is 0.385 e. The first-order chi connectivity index (χ1) is 8.42. The van der Waals surface area contributed by atoms with Crippen molar-refractivity contribution in [3.05, 3.63) is 35.1 Å². The first-order valence-corrected chi connectivity index (χ1v) is 6.53. The van der Waals surface area contributed by atoms with Gasteiger partial charge in [-0.2, -0.15) is 0 Å². The summed E-state index contributed by atoms with van der Waals surface area (Å²) in [6.07, 6.45) is 1.10. The van der Waals surface area contributed by atoms with Gasteiger partial charge in [0.2, 0.25) is 0 Å². The van der Waals surface area contributed by atoms with Gasteiger partial charge < -0.3 is 9.84 Å². The number of aliphatic hydroxyl groups is 1. The molecular weight excluding hydrogens is 231 g/mol. The van der Waals surface area contributed by atoms with Gasteiger partial charge in [-0.25, -0.2) is 4.39 Å². The Morgan fingerprint density at radius 2 is 2.17 bits per heavy atom. The number of rotatable bonds is 2. The van der Waals surface area contributed by atoms with Gasteiger partial charge in [-0.15, -0.1) is 0 Å².